The fourth-order valence-electron chi connectivity index (χ4n) is 1.42. The highest BCUT2D eigenvalue weighted by Crippen LogP contribution is 2.27. The van der Waals surface area contributed by atoms with E-state index in [1.807, 2.05) is 0 Å². The fraction of sp³-hybridized carbons (Fsp3) is 1.00. The quantitative estimate of drug-likeness (QED) is 0.534. The largest absolute Gasteiger partial charge is 0.330 e. The van der Waals surface area contributed by atoms with Gasteiger partial charge in [-0.15, -0.1) is 0 Å². The fourth-order valence-corrected chi connectivity index (χ4v) is 1.42. The van der Waals surface area contributed by atoms with Crippen LogP contribution in [0, 0.1) is 11.3 Å². The number of nitrogens with two attached hydrogens (primary N) is 3. The van der Waals surface area contributed by atoms with Crippen molar-refractivity contribution in [1.29, 1.82) is 0 Å². The predicted molar refractivity (Wildman–Crippen MR) is 53.4 cm³/mol. The summed E-state index contributed by atoms with van der Waals surface area (Å²) in [5, 5.41) is 0. The third-order valence-electron chi connectivity index (χ3n) is 2.44. The van der Waals surface area contributed by atoms with E-state index in [2.05, 4.69) is 20.8 Å². The summed E-state index contributed by atoms with van der Waals surface area (Å²) in [5.74, 6) is 0.611. The van der Waals surface area contributed by atoms with Crippen LogP contribution in [-0.2, 0) is 0 Å². The van der Waals surface area contributed by atoms with E-state index in [-0.39, 0.29) is 11.6 Å². The molecule has 0 radical (unpaired) electrons. The van der Waals surface area contributed by atoms with Crippen LogP contribution in [0.2, 0.25) is 0 Å². The zero-order valence-electron chi connectivity index (χ0n) is 8.51. The van der Waals surface area contributed by atoms with E-state index in [0.717, 1.165) is 19.4 Å². The van der Waals surface area contributed by atoms with Gasteiger partial charge in [-0.2, -0.15) is 0 Å². The van der Waals surface area contributed by atoms with Crippen molar-refractivity contribution in [3.8, 4) is 0 Å². The zero-order chi connectivity index (χ0) is 9.78. The van der Waals surface area contributed by atoms with Crippen LogP contribution in [0.5, 0.6) is 0 Å². The minimum Gasteiger partial charge on any atom is -0.330 e. The molecule has 0 bridgehead atoms. The molecule has 3 heteroatoms. The second kappa shape index (κ2) is 4.80. The average molecular weight is 173 g/mol. The highest BCUT2D eigenvalue weighted by Gasteiger charge is 2.25. The molecule has 0 fully saturated rings. The monoisotopic (exact) mass is 173 g/mol. The molecule has 1 unspecified atom stereocenters. The molecule has 0 rings (SSSR count). The van der Waals surface area contributed by atoms with Crippen molar-refractivity contribution >= 4 is 0 Å². The normalized spacial score (nSPS) is 15.2. The van der Waals surface area contributed by atoms with Gasteiger partial charge in [0.05, 0.1) is 6.17 Å². The maximum atomic E-state index is 5.66. The zero-order valence-corrected chi connectivity index (χ0v) is 8.51. The maximum Gasteiger partial charge on any atom is 0.0573 e. The van der Waals surface area contributed by atoms with Crippen LogP contribution in [0.25, 0.3) is 0 Å². The molecule has 3 nitrogen and oxygen atoms in total. The Bertz CT molecular complexity index is 121. The minimum atomic E-state index is -0.238. The van der Waals surface area contributed by atoms with Crippen LogP contribution in [0.15, 0.2) is 0 Å². The van der Waals surface area contributed by atoms with Crippen molar-refractivity contribution in [3.05, 3.63) is 0 Å². The van der Waals surface area contributed by atoms with Crippen LogP contribution in [0.1, 0.15) is 33.6 Å². The second-order valence-corrected chi connectivity index (χ2v) is 4.40. The van der Waals surface area contributed by atoms with Gasteiger partial charge in [-0.05, 0) is 30.7 Å². The molecule has 0 aromatic heterocycles. The summed E-state index contributed by atoms with van der Waals surface area (Å²) in [6.07, 6.45) is 1.86. The molecule has 0 saturated heterocycles. The summed E-state index contributed by atoms with van der Waals surface area (Å²) in [6.45, 7) is 7.14. The molecule has 1 atom stereocenters. The molecule has 12 heavy (non-hydrogen) atoms. The van der Waals surface area contributed by atoms with Crippen LogP contribution in [-0.4, -0.2) is 12.7 Å². The molecule has 0 aliphatic rings. The highest BCUT2D eigenvalue weighted by atomic mass is 14.9. The molecule has 0 aromatic carbocycles. The third-order valence-corrected chi connectivity index (χ3v) is 2.44. The van der Waals surface area contributed by atoms with Crippen LogP contribution in [0.3, 0.4) is 0 Å². The lowest BCUT2D eigenvalue weighted by atomic mass is 9.80. The van der Waals surface area contributed by atoms with E-state index in [0.29, 0.717) is 5.92 Å². The van der Waals surface area contributed by atoms with Gasteiger partial charge in [-0.3, -0.25) is 0 Å². The van der Waals surface area contributed by atoms with Crippen molar-refractivity contribution in [1.82, 2.24) is 0 Å². The Labute approximate surface area is 75.7 Å². The van der Waals surface area contributed by atoms with Gasteiger partial charge in [0.1, 0.15) is 0 Å². The van der Waals surface area contributed by atoms with E-state index < -0.39 is 0 Å². The standard InChI is InChI=1S/C9H23N3/c1-7(4-5-10)6-9(2,3)8(11)12/h7-8H,4-6,10-12H2,1-3H3. The average Bonchev–Trinajstić information content (AvgIpc) is 1.85. The van der Waals surface area contributed by atoms with E-state index in [1.165, 1.54) is 0 Å². The first kappa shape index (κ1) is 11.9. The van der Waals surface area contributed by atoms with Gasteiger partial charge >= 0.3 is 0 Å². The maximum absolute atomic E-state index is 5.66. The summed E-state index contributed by atoms with van der Waals surface area (Å²) < 4.78 is 0. The van der Waals surface area contributed by atoms with Gasteiger partial charge in [-0.25, -0.2) is 0 Å². The summed E-state index contributed by atoms with van der Waals surface area (Å²) in [5.41, 5.74) is 16.8. The summed E-state index contributed by atoms with van der Waals surface area (Å²) in [7, 11) is 0. The third kappa shape index (κ3) is 4.04. The SMILES string of the molecule is CC(CCN)CC(C)(C)C(N)N. The number of rotatable bonds is 5. The van der Waals surface area contributed by atoms with Crippen LogP contribution in [0.4, 0.5) is 0 Å². The number of hydrogen-bond acceptors (Lipinski definition) is 3. The van der Waals surface area contributed by atoms with Crippen LogP contribution < -0.4 is 17.2 Å². The lowest BCUT2D eigenvalue weighted by Crippen LogP contribution is -2.45. The van der Waals surface area contributed by atoms with Crippen molar-refractivity contribution in [3.63, 3.8) is 0 Å². The molecular formula is C9H23N3. The number of hydrogen-bond donors (Lipinski definition) is 3. The Kier molecular flexibility index (Phi) is 4.75. The lowest BCUT2D eigenvalue weighted by Gasteiger charge is -2.31. The highest BCUT2D eigenvalue weighted by molar-refractivity contribution is 4.78. The molecule has 0 spiro atoms. The van der Waals surface area contributed by atoms with Crippen molar-refractivity contribution in [2.24, 2.45) is 28.5 Å². The molecule has 0 aliphatic heterocycles. The van der Waals surface area contributed by atoms with Gasteiger partial charge in [-0.1, -0.05) is 20.8 Å². The van der Waals surface area contributed by atoms with Crippen molar-refractivity contribution in [2.75, 3.05) is 6.54 Å². The summed E-state index contributed by atoms with van der Waals surface area (Å²) >= 11 is 0. The molecule has 0 saturated carbocycles. The Morgan fingerprint density at radius 1 is 1.25 bits per heavy atom. The van der Waals surface area contributed by atoms with E-state index in [4.69, 9.17) is 17.2 Å². The molecular weight excluding hydrogens is 150 g/mol. The van der Waals surface area contributed by atoms with Crippen molar-refractivity contribution < 1.29 is 0 Å². The molecule has 6 N–H and O–H groups in total. The lowest BCUT2D eigenvalue weighted by molar-refractivity contribution is 0.221. The summed E-state index contributed by atoms with van der Waals surface area (Å²) in [4.78, 5) is 0. The Morgan fingerprint density at radius 3 is 2.08 bits per heavy atom. The van der Waals surface area contributed by atoms with E-state index in [1.54, 1.807) is 0 Å². The van der Waals surface area contributed by atoms with Gasteiger partial charge in [0, 0.05) is 0 Å². The molecule has 0 heterocycles. The first-order valence-corrected chi connectivity index (χ1v) is 4.61. The van der Waals surface area contributed by atoms with Gasteiger partial charge in [0.15, 0.2) is 0 Å². The van der Waals surface area contributed by atoms with Crippen molar-refractivity contribution in [2.45, 2.75) is 39.8 Å². The van der Waals surface area contributed by atoms with E-state index in [9.17, 15) is 0 Å². The topological polar surface area (TPSA) is 78.1 Å². The summed E-state index contributed by atoms with van der Waals surface area (Å²) in [6, 6.07) is 0. The smallest absolute Gasteiger partial charge is 0.0573 e. The second-order valence-electron chi connectivity index (χ2n) is 4.40. The van der Waals surface area contributed by atoms with Gasteiger partial charge in [0.2, 0.25) is 0 Å². The first-order valence-electron chi connectivity index (χ1n) is 4.61. The Hall–Kier alpha value is -0.120. The van der Waals surface area contributed by atoms with Gasteiger partial charge in [0.25, 0.3) is 0 Å². The molecule has 74 valence electrons. The molecule has 0 amide bonds. The Balaban J connectivity index is 3.88. The minimum absolute atomic E-state index is 0.0224. The molecule has 0 aliphatic carbocycles. The molecule has 0 aromatic rings. The van der Waals surface area contributed by atoms with Crippen LogP contribution >= 0.6 is 0 Å². The van der Waals surface area contributed by atoms with Gasteiger partial charge < -0.3 is 17.2 Å². The Morgan fingerprint density at radius 2 is 1.75 bits per heavy atom. The first-order chi connectivity index (χ1) is 5.40. The predicted octanol–water partition coefficient (Wildman–Crippen LogP) is 0.631. The van der Waals surface area contributed by atoms with E-state index >= 15 is 0 Å².